The summed E-state index contributed by atoms with van der Waals surface area (Å²) in [6, 6.07) is 0. The van der Waals surface area contributed by atoms with Gasteiger partial charge in [-0.15, -0.1) is 0 Å². The Bertz CT molecular complexity index is 277. The summed E-state index contributed by atoms with van der Waals surface area (Å²) >= 11 is 0. The van der Waals surface area contributed by atoms with Gasteiger partial charge in [0.2, 0.25) is 5.91 Å². The quantitative estimate of drug-likeness (QED) is 0.701. The maximum Gasteiger partial charge on any atom is 0.329 e. The van der Waals surface area contributed by atoms with Crippen LogP contribution in [0.4, 0.5) is 0 Å². The maximum absolute atomic E-state index is 11.8. The number of hydrogen-bond acceptors (Lipinski definition) is 3. The molecule has 5 nitrogen and oxygen atoms in total. The van der Waals surface area contributed by atoms with Gasteiger partial charge in [-0.1, -0.05) is 6.92 Å². The van der Waals surface area contributed by atoms with Crippen LogP contribution in [0.1, 0.15) is 40.0 Å². The van der Waals surface area contributed by atoms with Crippen LogP contribution in [0, 0.1) is 5.92 Å². The number of carbonyl (C=O) groups excluding carboxylic acids is 1. The molecule has 0 fully saturated rings. The lowest BCUT2D eigenvalue weighted by molar-refractivity contribution is -0.155. The van der Waals surface area contributed by atoms with Crippen LogP contribution in [-0.2, 0) is 9.59 Å². The Morgan fingerprint density at radius 3 is 2.29 bits per heavy atom. The van der Waals surface area contributed by atoms with E-state index in [4.69, 9.17) is 10.8 Å². The first-order chi connectivity index (χ1) is 7.73. The van der Waals surface area contributed by atoms with Crippen molar-refractivity contribution in [2.45, 2.75) is 45.6 Å². The Balaban J connectivity index is 4.28. The van der Waals surface area contributed by atoms with Gasteiger partial charge < -0.3 is 15.7 Å². The van der Waals surface area contributed by atoms with E-state index in [0.29, 0.717) is 18.9 Å². The summed E-state index contributed by atoms with van der Waals surface area (Å²) in [6.07, 6.45) is 2.00. The van der Waals surface area contributed by atoms with Gasteiger partial charge in [0.1, 0.15) is 5.54 Å². The molecule has 1 atom stereocenters. The molecule has 0 aliphatic carbocycles. The molecule has 0 saturated heterocycles. The Labute approximate surface area is 103 Å². The van der Waals surface area contributed by atoms with Gasteiger partial charge in [-0.05, 0) is 39.2 Å². The van der Waals surface area contributed by atoms with E-state index in [1.165, 1.54) is 25.8 Å². The summed E-state index contributed by atoms with van der Waals surface area (Å²) < 4.78 is 0. The fraction of sp³-hybridized carbons (Fsp3) is 0.833. The lowest BCUT2D eigenvalue weighted by Gasteiger charge is -2.31. The van der Waals surface area contributed by atoms with Crippen molar-refractivity contribution in [1.82, 2.24) is 4.90 Å². The molecule has 0 spiro atoms. The third kappa shape index (κ3) is 4.73. The molecule has 0 saturated carbocycles. The lowest BCUT2D eigenvalue weighted by atomic mass is 9.99. The summed E-state index contributed by atoms with van der Waals surface area (Å²) in [4.78, 5) is 24.1. The number of carbonyl (C=O) groups is 2. The minimum absolute atomic E-state index is 0.138. The number of aliphatic carboxylic acids is 1. The van der Waals surface area contributed by atoms with Crippen LogP contribution < -0.4 is 5.73 Å². The van der Waals surface area contributed by atoms with Gasteiger partial charge in [0.05, 0.1) is 0 Å². The molecule has 0 rings (SSSR count). The number of carboxylic acids is 1. The molecule has 17 heavy (non-hydrogen) atoms. The molecular weight excluding hydrogens is 220 g/mol. The summed E-state index contributed by atoms with van der Waals surface area (Å²) in [7, 11) is 1.53. The number of nitrogens with zero attached hydrogens (tertiary/aromatic N) is 1. The number of rotatable bonds is 7. The fourth-order valence-electron chi connectivity index (χ4n) is 1.42. The minimum atomic E-state index is -1.16. The highest BCUT2D eigenvalue weighted by Crippen LogP contribution is 2.16. The van der Waals surface area contributed by atoms with Crippen molar-refractivity contribution in [3.63, 3.8) is 0 Å². The van der Waals surface area contributed by atoms with E-state index in [1.807, 2.05) is 6.92 Å². The second-order valence-corrected chi connectivity index (χ2v) is 5.04. The molecule has 100 valence electrons. The van der Waals surface area contributed by atoms with Crippen molar-refractivity contribution in [3.8, 4) is 0 Å². The van der Waals surface area contributed by atoms with E-state index in [9.17, 15) is 9.59 Å². The molecule has 5 heteroatoms. The average molecular weight is 244 g/mol. The van der Waals surface area contributed by atoms with Crippen molar-refractivity contribution in [2.24, 2.45) is 11.7 Å². The van der Waals surface area contributed by atoms with E-state index < -0.39 is 11.5 Å². The number of nitrogens with two attached hydrogens (primary N) is 1. The van der Waals surface area contributed by atoms with E-state index in [1.54, 1.807) is 0 Å². The summed E-state index contributed by atoms with van der Waals surface area (Å²) in [5.74, 6) is -0.741. The second kappa shape index (κ2) is 6.59. The van der Waals surface area contributed by atoms with Crippen LogP contribution in [-0.4, -0.2) is 41.0 Å². The van der Waals surface area contributed by atoms with Crippen LogP contribution in [0.3, 0.4) is 0 Å². The zero-order valence-electron chi connectivity index (χ0n) is 11.2. The zero-order chi connectivity index (χ0) is 13.6. The molecular formula is C12H24N2O3. The first kappa shape index (κ1) is 15.9. The van der Waals surface area contributed by atoms with Gasteiger partial charge >= 0.3 is 5.97 Å². The van der Waals surface area contributed by atoms with Crippen LogP contribution in [0.25, 0.3) is 0 Å². The first-order valence-corrected chi connectivity index (χ1v) is 5.93. The number of carboxylic acid groups (broad SMARTS) is 1. The number of amides is 1. The largest absolute Gasteiger partial charge is 0.480 e. The van der Waals surface area contributed by atoms with Gasteiger partial charge in [0.25, 0.3) is 0 Å². The summed E-state index contributed by atoms with van der Waals surface area (Å²) in [5, 5.41) is 9.01. The second-order valence-electron chi connectivity index (χ2n) is 5.04. The van der Waals surface area contributed by atoms with Gasteiger partial charge in [-0.3, -0.25) is 4.79 Å². The van der Waals surface area contributed by atoms with Crippen LogP contribution in [0.15, 0.2) is 0 Å². The highest BCUT2D eigenvalue weighted by atomic mass is 16.4. The van der Waals surface area contributed by atoms with Gasteiger partial charge in [0, 0.05) is 13.5 Å². The molecule has 0 heterocycles. The topological polar surface area (TPSA) is 83.6 Å². The zero-order valence-corrected chi connectivity index (χ0v) is 11.2. The molecule has 0 aliphatic rings. The third-order valence-corrected chi connectivity index (χ3v) is 3.25. The van der Waals surface area contributed by atoms with Gasteiger partial charge in [-0.2, -0.15) is 0 Å². The van der Waals surface area contributed by atoms with Gasteiger partial charge in [-0.25, -0.2) is 4.79 Å². The molecule has 3 N–H and O–H groups in total. The van der Waals surface area contributed by atoms with E-state index in [0.717, 1.165) is 12.8 Å². The normalized spacial score (nSPS) is 13.2. The fourth-order valence-corrected chi connectivity index (χ4v) is 1.42. The lowest BCUT2D eigenvalue weighted by Crippen LogP contribution is -2.50. The summed E-state index contributed by atoms with van der Waals surface area (Å²) in [6.45, 7) is 5.71. The maximum atomic E-state index is 11.8. The Morgan fingerprint density at radius 1 is 1.35 bits per heavy atom. The van der Waals surface area contributed by atoms with Crippen molar-refractivity contribution < 1.29 is 14.7 Å². The Kier molecular flexibility index (Phi) is 6.16. The third-order valence-electron chi connectivity index (χ3n) is 3.25. The van der Waals surface area contributed by atoms with Crippen molar-refractivity contribution >= 4 is 11.9 Å². The number of likely N-dealkylation sites (N-methyl/N-ethyl adjacent to an activating group) is 1. The van der Waals surface area contributed by atoms with Gasteiger partial charge in [0.15, 0.2) is 0 Å². The highest BCUT2D eigenvalue weighted by Gasteiger charge is 2.34. The van der Waals surface area contributed by atoms with E-state index >= 15 is 0 Å². The monoisotopic (exact) mass is 244 g/mol. The van der Waals surface area contributed by atoms with E-state index in [-0.39, 0.29) is 5.91 Å². The molecule has 0 aromatic heterocycles. The molecule has 1 amide bonds. The minimum Gasteiger partial charge on any atom is -0.480 e. The van der Waals surface area contributed by atoms with Crippen LogP contribution in [0.5, 0.6) is 0 Å². The highest BCUT2D eigenvalue weighted by molar-refractivity contribution is 5.86. The Morgan fingerprint density at radius 2 is 1.88 bits per heavy atom. The smallest absolute Gasteiger partial charge is 0.329 e. The Hall–Kier alpha value is -1.10. The van der Waals surface area contributed by atoms with Crippen molar-refractivity contribution in [3.05, 3.63) is 0 Å². The molecule has 0 aliphatic heterocycles. The van der Waals surface area contributed by atoms with Crippen LogP contribution in [0.2, 0.25) is 0 Å². The molecule has 0 bridgehead atoms. The molecule has 0 aromatic rings. The average Bonchev–Trinajstić information content (AvgIpc) is 2.24. The van der Waals surface area contributed by atoms with Crippen molar-refractivity contribution in [2.75, 3.05) is 13.6 Å². The van der Waals surface area contributed by atoms with E-state index in [2.05, 4.69) is 0 Å². The predicted molar refractivity (Wildman–Crippen MR) is 66.6 cm³/mol. The molecule has 0 aromatic carbocycles. The predicted octanol–water partition coefficient (Wildman–Crippen LogP) is 1.07. The number of hydrogen-bond donors (Lipinski definition) is 2. The van der Waals surface area contributed by atoms with Crippen LogP contribution >= 0.6 is 0 Å². The molecule has 0 radical (unpaired) electrons. The first-order valence-electron chi connectivity index (χ1n) is 5.93. The molecule has 1 unspecified atom stereocenters. The summed E-state index contributed by atoms with van der Waals surface area (Å²) in [5.41, 5.74) is 4.27. The SMILES string of the molecule is CC(CCN)CCC(=O)N(C)C(C)(C)C(=O)O. The standard InChI is InChI=1S/C12H24N2O3/c1-9(7-8-13)5-6-10(15)14(4)12(2,3)11(16)17/h9H,5-8,13H2,1-4H3,(H,16,17). The van der Waals surface area contributed by atoms with Crippen molar-refractivity contribution in [1.29, 1.82) is 0 Å².